The van der Waals surface area contributed by atoms with E-state index in [1.165, 1.54) is 38.9 Å². The van der Waals surface area contributed by atoms with Crippen LogP contribution in [0, 0.1) is 11.3 Å². The van der Waals surface area contributed by atoms with E-state index in [2.05, 4.69) is 37.9 Å². The highest BCUT2D eigenvalue weighted by molar-refractivity contribution is 4.94. The fourth-order valence-corrected chi connectivity index (χ4v) is 3.70. The molecule has 94 valence electrons. The maximum Gasteiger partial charge on any atom is 0.0348 e. The minimum absolute atomic E-state index is 0.577. The summed E-state index contributed by atoms with van der Waals surface area (Å²) in [6.07, 6.45) is 4.20. The molecule has 2 nitrogen and oxygen atoms in total. The summed E-state index contributed by atoms with van der Waals surface area (Å²) < 4.78 is 0. The lowest BCUT2D eigenvalue weighted by Crippen LogP contribution is -2.61. The number of hydrogen-bond acceptors (Lipinski definition) is 2. The van der Waals surface area contributed by atoms with Crippen LogP contribution in [0.4, 0.5) is 0 Å². The summed E-state index contributed by atoms with van der Waals surface area (Å²) in [4.78, 5) is 2.76. The van der Waals surface area contributed by atoms with Crippen molar-refractivity contribution in [2.75, 3.05) is 19.6 Å². The number of nitrogens with zero attached hydrogens (tertiary/aromatic N) is 1. The van der Waals surface area contributed by atoms with Gasteiger partial charge in [0.2, 0.25) is 0 Å². The van der Waals surface area contributed by atoms with E-state index in [4.69, 9.17) is 0 Å². The molecular formula is C14H28N2. The molecular weight excluding hydrogens is 196 g/mol. The number of hydrogen-bond donors (Lipinski definition) is 1. The molecule has 2 fully saturated rings. The second kappa shape index (κ2) is 4.66. The van der Waals surface area contributed by atoms with Crippen molar-refractivity contribution in [3.63, 3.8) is 0 Å². The Morgan fingerprint density at radius 1 is 1.31 bits per heavy atom. The summed E-state index contributed by atoms with van der Waals surface area (Å²) in [5, 5.41) is 3.40. The molecule has 0 aromatic rings. The Kier molecular flexibility index (Phi) is 3.60. The van der Waals surface area contributed by atoms with Gasteiger partial charge in [-0.25, -0.2) is 0 Å². The largest absolute Gasteiger partial charge is 0.314 e. The van der Waals surface area contributed by atoms with Crippen LogP contribution >= 0.6 is 0 Å². The van der Waals surface area contributed by atoms with Gasteiger partial charge in [-0.15, -0.1) is 0 Å². The number of rotatable bonds is 3. The molecule has 0 amide bonds. The fraction of sp³-hybridized carbons (Fsp3) is 1.00. The molecule has 0 aromatic heterocycles. The number of nitrogens with one attached hydrogen (secondary N) is 1. The van der Waals surface area contributed by atoms with Gasteiger partial charge in [0, 0.05) is 25.2 Å². The van der Waals surface area contributed by atoms with Crippen LogP contribution in [-0.2, 0) is 0 Å². The first-order valence-electron chi connectivity index (χ1n) is 7.00. The van der Waals surface area contributed by atoms with Gasteiger partial charge < -0.3 is 5.32 Å². The molecule has 1 aliphatic heterocycles. The lowest BCUT2D eigenvalue weighted by atomic mass is 9.70. The molecule has 2 aliphatic rings. The molecule has 1 saturated carbocycles. The minimum atomic E-state index is 0.577. The van der Waals surface area contributed by atoms with Crippen LogP contribution in [0.5, 0.6) is 0 Å². The molecule has 1 aliphatic carbocycles. The first-order chi connectivity index (χ1) is 7.53. The summed E-state index contributed by atoms with van der Waals surface area (Å²) in [7, 11) is 0. The highest BCUT2D eigenvalue weighted by atomic mass is 15.3. The quantitative estimate of drug-likeness (QED) is 0.792. The lowest BCUT2D eigenvalue weighted by molar-refractivity contribution is 0.0193. The van der Waals surface area contributed by atoms with E-state index in [1.807, 2.05) is 0 Å². The van der Waals surface area contributed by atoms with Gasteiger partial charge in [-0.2, -0.15) is 0 Å². The van der Waals surface area contributed by atoms with E-state index in [0.717, 1.165) is 18.0 Å². The van der Waals surface area contributed by atoms with Crippen molar-refractivity contribution >= 4 is 0 Å². The Labute approximate surface area is 101 Å². The van der Waals surface area contributed by atoms with E-state index >= 15 is 0 Å². The number of likely N-dealkylation sites (N-methyl/N-ethyl adjacent to an activating group) is 1. The minimum Gasteiger partial charge on any atom is -0.314 e. The summed E-state index contributed by atoms with van der Waals surface area (Å²) in [5.74, 6) is 0.865. The molecule has 2 unspecified atom stereocenters. The van der Waals surface area contributed by atoms with E-state index in [1.54, 1.807) is 0 Å². The monoisotopic (exact) mass is 224 g/mol. The van der Waals surface area contributed by atoms with Gasteiger partial charge in [-0.3, -0.25) is 4.90 Å². The van der Waals surface area contributed by atoms with Crippen molar-refractivity contribution in [2.45, 2.75) is 59.0 Å². The Morgan fingerprint density at radius 3 is 2.44 bits per heavy atom. The predicted molar refractivity (Wildman–Crippen MR) is 69.6 cm³/mol. The second-order valence-corrected chi connectivity index (χ2v) is 6.59. The van der Waals surface area contributed by atoms with Crippen LogP contribution in [0.15, 0.2) is 0 Å². The first kappa shape index (κ1) is 12.4. The van der Waals surface area contributed by atoms with Crippen molar-refractivity contribution in [1.29, 1.82) is 0 Å². The lowest BCUT2D eigenvalue weighted by Gasteiger charge is -2.49. The predicted octanol–water partition coefficient (Wildman–Crippen LogP) is 2.49. The van der Waals surface area contributed by atoms with Gasteiger partial charge >= 0.3 is 0 Å². The first-order valence-corrected chi connectivity index (χ1v) is 7.00. The van der Waals surface area contributed by atoms with Gasteiger partial charge in [-0.1, -0.05) is 27.7 Å². The molecule has 2 rings (SSSR count). The van der Waals surface area contributed by atoms with E-state index < -0.39 is 0 Å². The van der Waals surface area contributed by atoms with Gasteiger partial charge in [0.25, 0.3) is 0 Å². The van der Waals surface area contributed by atoms with Gasteiger partial charge in [-0.05, 0) is 37.1 Å². The van der Waals surface area contributed by atoms with Crippen LogP contribution in [-0.4, -0.2) is 36.6 Å². The van der Waals surface area contributed by atoms with Gasteiger partial charge in [0.15, 0.2) is 0 Å². The van der Waals surface area contributed by atoms with Gasteiger partial charge in [0.05, 0.1) is 0 Å². The topological polar surface area (TPSA) is 15.3 Å². The Hall–Kier alpha value is -0.0800. The molecule has 2 heteroatoms. The van der Waals surface area contributed by atoms with E-state index in [0.29, 0.717) is 5.41 Å². The molecule has 16 heavy (non-hydrogen) atoms. The molecule has 1 saturated heterocycles. The van der Waals surface area contributed by atoms with E-state index in [-0.39, 0.29) is 0 Å². The van der Waals surface area contributed by atoms with Crippen LogP contribution in [0.25, 0.3) is 0 Å². The zero-order valence-electron chi connectivity index (χ0n) is 11.4. The maximum absolute atomic E-state index is 3.40. The molecule has 0 aromatic carbocycles. The fourth-order valence-electron chi connectivity index (χ4n) is 3.70. The molecule has 0 spiro atoms. The smallest absolute Gasteiger partial charge is 0.0348 e. The molecule has 1 N–H and O–H groups in total. The summed E-state index contributed by atoms with van der Waals surface area (Å²) in [5.41, 5.74) is 0.577. The molecule has 1 heterocycles. The third kappa shape index (κ3) is 2.43. The average Bonchev–Trinajstić information content (AvgIpc) is 2.10. The third-order valence-electron chi connectivity index (χ3n) is 4.67. The molecule has 0 bridgehead atoms. The average molecular weight is 224 g/mol. The Morgan fingerprint density at radius 2 is 2.00 bits per heavy atom. The maximum atomic E-state index is 3.40. The van der Waals surface area contributed by atoms with Crippen LogP contribution in [0.2, 0.25) is 0 Å². The Bertz CT molecular complexity index is 233. The highest BCUT2D eigenvalue weighted by Crippen LogP contribution is 2.40. The summed E-state index contributed by atoms with van der Waals surface area (Å²) >= 11 is 0. The normalized spacial score (nSPS) is 35.1. The highest BCUT2D eigenvalue weighted by Gasteiger charge is 2.38. The van der Waals surface area contributed by atoms with Crippen molar-refractivity contribution < 1.29 is 0 Å². The zero-order chi connectivity index (χ0) is 11.8. The molecule has 0 radical (unpaired) electrons. The van der Waals surface area contributed by atoms with Crippen molar-refractivity contribution in [3.8, 4) is 0 Å². The van der Waals surface area contributed by atoms with Crippen molar-refractivity contribution in [3.05, 3.63) is 0 Å². The summed E-state index contributed by atoms with van der Waals surface area (Å²) in [6.45, 7) is 13.3. The Balaban J connectivity index is 1.97. The standard InChI is InChI=1S/C14H28N2/c1-5-16(12-9-15-10-12)13-6-7-14(3,4)8-11(13)2/h11-13,15H,5-10H2,1-4H3. The van der Waals surface area contributed by atoms with Crippen molar-refractivity contribution in [2.24, 2.45) is 11.3 Å². The zero-order valence-corrected chi connectivity index (χ0v) is 11.4. The second-order valence-electron chi connectivity index (χ2n) is 6.59. The van der Waals surface area contributed by atoms with Crippen LogP contribution in [0.1, 0.15) is 47.0 Å². The van der Waals surface area contributed by atoms with E-state index in [9.17, 15) is 0 Å². The summed E-state index contributed by atoms with van der Waals surface area (Å²) in [6, 6.07) is 1.66. The van der Waals surface area contributed by atoms with Crippen LogP contribution < -0.4 is 5.32 Å². The van der Waals surface area contributed by atoms with Gasteiger partial charge in [0.1, 0.15) is 0 Å². The SMILES string of the molecule is CCN(C1CNC1)C1CCC(C)(C)CC1C. The van der Waals surface area contributed by atoms with Crippen molar-refractivity contribution in [1.82, 2.24) is 10.2 Å². The van der Waals surface area contributed by atoms with Crippen LogP contribution in [0.3, 0.4) is 0 Å². The third-order valence-corrected chi connectivity index (χ3v) is 4.67. The molecule has 2 atom stereocenters.